The summed E-state index contributed by atoms with van der Waals surface area (Å²) in [5.74, 6) is 1.00. The van der Waals surface area contributed by atoms with Crippen LogP contribution in [0.25, 0.3) is 0 Å². The summed E-state index contributed by atoms with van der Waals surface area (Å²) in [6.45, 7) is 8.85. The summed E-state index contributed by atoms with van der Waals surface area (Å²) in [5.41, 5.74) is 0. The van der Waals surface area contributed by atoms with Crippen molar-refractivity contribution in [3.8, 4) is 0 Å². The highest BCUT2D eigenvalue weighted by Crippen LogP contribution is 2.22. The molecule has 18 heavy (non-hydrogen) atoms. The van der Waals surface area contributed by atoms with Crippen LogP contribution >= 0.6 is 11.5 Å². The minimum absolute atomic E-state index is 0.481. The van der Waals surface area contributed by atoms with E-state index in [-0.39, 0.29) is 0 Å². The molecule has 1 saturated heterocycles. The largest absolute Gasteiger partial charge is 0.343 e. The van der Waals surface area contributed by atoms with Gasteiger partial charge in [-0.05, 0) is 39.7 Å². The van der Waals surface area contributed by atoms with Gasteiger partial charge in [0.15, 0.2) is 0 Å². The second-order valence-electron chi connectivity index (χ2n) is 5.28. The van der Waals surface area contributed by atoms with E-state index in [2.05, 4.69) is 40.3 Å². The van der Waals surface area contributed by atoms with Gasteiger partial charge in [-0.25, -0.2) is 4.98 Å². The Kier molecular flexibility index (Phi) is 4.95. The first kappa shape index (κ1) is 13.7. The van der Waals surface area contributed by atoms with Crippen LogP contribution < -0.4 is 10.2 Å². The number of nitrogens with one attached hydrogen (secondary N) is 1. The van der Waals surface area contributed by atoms with E-state index in [4.69, 9.17) is 0 Å². The summed E-state index contributed by atoms with van der Waals surface area (Å²) in [4.78, 5) is 7.06. The molecule has 0 amide bonds. The average molecular weight is 268 g/mol. The molecule has 0 bridgehead atoms. The van der Waals surface area contributed by atoms with Crippen molar-refractivity contribution in [2.24, 2.45) is 0 Å². The van der Waals surface area contributed by atoms with Gasteiger partial charge in [0.2, 0.25) is 5.13 Å². The van der Waals surface area contributed by atoms with Crippen molar-refractivity contribution >= 4 is 16.7 Å². The molecule has 1 aromatic heterocycles. The fourth-order valence-electron chi connectivity index (χ4n) is 2.35. The highest BCUT2D eigenvalue weighted by molar-refractivity contribution is 7.09. The van der Waals surface area contributed by atoms with Crippen molar-refractivity contribution in [1.82, 2.24) is 14.7 Å². The second-order valence-corrected chi connectivity index (χ2v) is 6.01. The maximum absolute atomic E-state index is 4.67. The summed E-state index contributed by atoms with van der Waals surface area (Å²) in [6.07, 6.45) is 4.68. The van der Waals surface area contributed by atoms with Gasteiger partial charge in [0.1, 0.15) is 5.82 Å². The minimum atomic E-state index is 0.481. The summed E-state index contributed by atoms with van der Waals surface area (Å²) in [6, 6.07) is 1.10. The average Bonchev–Trinajstić information content (AvgIpc) is 2.96. The molecule has 0 radical (unpaired) electrons. The Morgan fingerprint density at radius 2 is 2.33 bits per heavy atom. The quantitative estimate of drug-likeness (QED) is 0.860. The third-order valence-corrected chi connectivity index (χ3v) is 4.17. The van der Waals surface area contributed by atoms with Crippen LogP contribution in [0.2, 0.25) is 0 Å². The maximum atomic E-state index is 4.67. The zero-order chi connectivity index (χ0) is 13.0. The summed E-state index contributed by atoms with van der Waals surface area (Å²) >= 11 is 1.55. The second kappa shape index (κ2) is 6.48. The van der Waals surface area contributed by atoms with Gasteiger partial charge in [0, 0.05) is 36.6 Å². The van der Waals surface area contributed by atoms with Crippen molar-refractivity contribution in [3.63, 3.8) is 0 Å². The Balaban J connectivity index is 2.02. The van der Waals surface area contributed by atoms with Crippen LogP contribution in [0.15, 0.2) is 0 Å². The van der Waals surface area contributed by atoms with Crippen molar-refractivity contribution < 1.29 is 0 Å². The van der Waals surface area contributed by atoms with Crippen molar-refractivity contribution in [2.45, 2.75) is 58.5 Å². The normalized spacial score (nSPS) is 19.7. The Morgan fingerprint density at radius 3 is 2.94 bits per heavy atom. The predicted molar refractivity (Wildman–Crippen MR) is 77.4 cm³/mol. The molecule has 1 aliphatic heterocycles. The first-order valence-corrected chi connectivity index (χ1v) is 7.80. The molecular formula is C13H24N4S. The highest BCUT2D eigenvalue weighted by atomic mass is 32.1. The molecule has 0 aromatic carbocycles. The van der Waals surface area contributed by atoms with Crippen LogP contribution in [0.3, 0.4) is 0 Å². The monoisotopic (exact) mass is 268 g/mol. The van der Waals surface area contributed by atoms with Gasteiger partial charge in [-0.1, -0.05) is 6.92 Å². The Labute approximate surface area is 114 Å². The van der Waals surface area contributed by atoms with Crippen molar-refractivity contribution in [2.75, 3.05) is 18.0 Å². The van der Waals surface area contributed by atoms with E-state index in [0.29, 0.717) is 12.1 Å². The smallest absolute Gasteiger partial charge is 0.205 e. The Hall–Kier alpha value is -0.680. The number of nitrogens with zero attached hydrogens (tertiary/aromatic N) is 3. The van der Waals surface area contributed by atoms with Gasteiger partial charge < -0.3 is 10.2 Å². The molecule has 4 nitrogen and oxygen atoms in total. The fourth-order valence-corrected chi connectivity index (χ4v) is 3.20. The van der Waals surface area contributed by atoms with E-state index in [1.54, 1.807) is 11.5 Å². The molecule has 1 aromatic rings. The SMILES string of the molecule is CCCc1nsc(N(CC2CCCN2)C(C)C)n1. The fraction of sp³-hybridized carbons (Fsp3) is 0.846. The molecule has 2 heterocycles. The summed E-state index contributed by atoms with van der Waals surface area (Å²) in [5, 5.41) is 4.64. The summed E-state index contributed by atoms with van der Waals surface area (Å²) < 4.78 is 4.45. The zero-order valence-electron chi connectivity index (χ0n) is 11.6. The van der Waals surface area contributed by atoms with Gasteiger partial charge in [-0.15, -0.1) is 0 Å². The lowest BCUT2D eigenvalue weighted by atomic mass is 10.2. The van der Waals surface area contributed by atoms with Crippen molar-refractivity contribution in [1.29, 1.82) is 0 Å². The number of hydrogen-bond acceptors (Lipinski definition) is 5. The first-order valence-electron chi connectivity index (χ1n) is 7.03. The molecule has 102 valence electrons. The topological polar surface area (TPSA) is 41.1 Å². The van der Waals surface area contributed by atoms with Gasteiger partial charge in [0.25, 0.3) is 0 Å². The van der Waals surface area contributed by atoms with Gasteiger partial charge in [-0.2, -0.15) is 4.37 Å². The molecule has 1 unspecified atom stereocenters. The molecule has 0 aliphatic carbocycles. The summed E-state index contributed by atoms with van der Waals surface area (Å²) in [7, 11) is 0. The Morgan fingerprint density at radius 1 is 1.50 bits per heavy atom. The molecule has 0 saturated carbocycles. The van der Waals surface area contributed by atoms with E-state index in [9.17, 15) is 0 Å². The lowest BCUT2D eigenvalue weighted by Crippen LogP contribution is -2.41. The van der Waals surface area contributed by atoms with Crippen LogP contribution in [0.1, 0.15) is 45.9 Å². The van der Waals surface area contributed by atoms with E-state index in [1.165, 1.54) is 12.8 Å². The van der Waals surface area contributed by atoms with Crippen LogP contribution in [0.4, 0.5) is 5.13 Å². The molecule has 1 N–H and O–H groups in total. The standard InChI is InChI=1S/C13H24N4S/c1-4-6-12-15-13(18-16-12)17(10(2)3)9-11-7-5-8-14-11/h10-11,14H,4-9H2,1-3H3. The molecule has 0 spiro atoms. The molecule has 1 aliphatic rings. The van der Waals surface area contributed by atoms with E-state index < -0.39 is 0 Å². The molecule has 1 atom stereocenters. The van der Waals surface area contributed by atoms with Gasteiger partial charge in [0.05, 0.1) is 0 Å². The highest BCUT2D eigenvalue weighted by Gasteiger charge is 2.22. The van der Waals surface area contributed by atoms with Crippen LogP contribution in [0, 0.1) is 0 Å². The van der Waals surface area contributed by atoms with Gasteiger partial charge >= 0.3 is 0 Å². The van der Waals surface area contributed by atoms with E-state index >= 15 is 0 Å². The Bertz CT molecular complexity index is 358. The van der Waals surface area contributed by atoms with E-state index in [1.807, 2.05) is 0 Å². The molecule has 5 heteroatoms. The third-order valence-electron chi connectivity index (χ3n) is 3.38. The molecular weight excluding hydrogens is 244 g/mol. The number of hydrogen-bond donors (Lipinski definition) is 1. The predicted octanol–water partition coefficient (Wildman–Crippen LogP) is 2.46. The van der Waals surface area contributed by atoms with Crippen LogP contribution in [0.5, 0.6) is 0 Å². The number of anilines is 1. The van der Waals surface area contributed by atoms with Gasteiger partial charge in [-0.3, -0.25) is 0 Å². The maximum Gasteiger partial charge on any atom is 0.205 e. The van der Waals surface area contributed by atoms with Crippen LogP contribution in [-0.4, -0.2) is 34.5 Å². The lowest BCUT2D eigenvalue weighted by Gasteiger charge is -2.28. The number of rotatable bonds is 6. The zero-order valence-corrected chi connectivity index (χ0v) is 12.5. The lowest BCUT2D eigenvalue weighted by molar-refractivity contribution is 0.551. The van der Waals surface area contributed by atoms with E-state index in [0.717, 1.165) is 36.9 Å². The first-order chi connectivity index (χ1) is 8.70. The third kappa shape index (κ3) is 3.42. The molecule has 1 fully saturated rings. The molecule has 2 rings (SSSR count). The number of aryl methyl sites for hydroxylation is 1. The van der Waals surface area contributed by atoms with Crippen LogP contribution in [-0.2, 0) is 6.42 Å². The number of aromatic nitrogens is 2. The minimum Gasteiger partial charge on any atom is -0.343 e. The van der Waals surface area contributed by atoms with Crippen molar-refractivity contribution in [3.05, 3.63) is 5.82 Å².